The molecule has 0 spiro atoms. The second kappa shape index (κ2) is 8.70. The fourth-order valence-electron chi connectivity index (χ4n) is 4.56. The molecule has 1 aliphatic carbocycles. The van der Waals surface area contributed by atoms with Crippen molar-refractivity contribution in [3.05, 3.63) is 36.4 Å². The average Bonchev–Trinajstić information content (AvgIpc) is 3.12. The Hall–Kier alpha value is -2.87. The summed E-state index contributed by atoms with van der Waals surface area (Å²) in [6.45, 7) is 5.29. The topological polar surface area (TPSA) is 77.3 Å². The summed E-state index contributed by atoms with van der Waals surface area (Å²) >= 11 is 0. The van der Waals surface area contributed by atoms with E-state index >= 15 is 0 Å². The van der Waals surface area contributed by atoms with Crippen LogP contribution in [0.4, 0.5) is 11.6 Å². The highest BCUT2D eigenvalue weighted by molar-refractivity contribution is 5.85. The number of ether oxygens (including phenoxy) is 2. The minimum absolute atomic E-state index is 0.186. The Labute approximate surface area is 182 Å². The van der Waals surface area contributed by atoms with Gasteiger partial charge in [-0.2, -0.15) is 0 Å². The molecule has 2 aromatic heterocycles. The highest BCUT2D eigenvalue weighted by Gasteiger charge is 2.25. The van der Waals surface area contributed by atoms with Gasteiger partial charge in [0.2, 0.25) is 5.95 Å². The molecular weight excluding hydrogens is 392 g/mol. The first-order valence-corrected chi connectivity index (χ1v) is 11.2. The zero-order valence-electron chi connectivity index (χ0n) is 18.3. The van der Waals surface area contributed by atoms with Crippen LogP contribution in [0.3, 0.4) is 0 Å². The quantitative estimate of drug-likeness (QED) is 0.676. The molecule has 1 aromatic carbocycles. The molecule has 1 saturated heterocycles. The van der Waals surface area contributed by atoms with E-state index in [0.717, 1.165) is 86.1 Å². The van der Waals surface area contributed by atoms with Crippen LogP contribution in [0, 0.1) is 6.92 Å². The Morgan fingerprint density at radius 2 is 1.84 bits per heavy atom. The van der Waals surface area contributed by atoms with Crippen LogP contribution < -0.4 is 15.0 Å². The number of fused-ring (bicyclic) bond motifs is 1. The summed E-state index contributed by atoms with van der Waals surface area (Å²) in [5.41, 5.74) is 3.88. The van der Waals surface area contributed by atoms with Gasteiger partial charge < -0.3 is 24.3 Å². The summed E-state index contributed by atoms with van der Waals surface area (Å²) in [7, 11) is 2.03. The van der Waals surface area contributed by atoms with Gasteiger partial charge in [0.05, 0.1) is 30.5 Å². The smallest absolute Gasteiger partial charge is 0.202 e. The second-order valence-electron chi connectivity index (χ2n) is 8.52. The van der Waals surface area contributed by atoms with Crippen molar-refractivity contribution in [2.45, 2.75) is 44.8 Å². The zero-order valence-corrected chi connectivity index (χ0v) is 18.3. The Kier molecular flexibility index (Phi) is 5.63. The highest BCUT2D eigenvalue weighted by Crippen LogP contribution is 2.33. The fraction of sp³-hybridized carbons (Fsp3) is 0.522. The van der Waals surface area contributed by atoms with Crippen LogP contribution in [-0.2, 0) is 11.8 Å². The van der Waals surface area contributed by atoms with E-state index in [4.69, 9.17) is 9.47 Å². The van der Waals surface area contributed by atoms with Crippen LogP contribution >= 0.6 is 0 Å². The SMILES string of the molecule is Cc1cn(C)c(N[C@H]2CC[C@@H](Oc3cc(N4CCOCC4)cc4nccnc34)CC2)n1. The normalized spacial score (nSPS) is 21.9. The third-order valence-corrected chi connectivity index (χ3v) is 6.20. The molecule has 5 rings (SSSR count). The number of aromatic nitrogens is 4. The Bertz CT molecular complexity index is 1040. The number of rotatable bonds is 5. The van der Waals surface area contributed by atoms with E-state index in [-0.39, 0.29) is 6.10 Å². The van der Waals surface area contributed by atoms with Crippen LogP contribution in [0.2, 0.25) is 0 Å². The molecule has 1 aliphatic heterocycles. The average molecular weight is 423 g/mol. The molecular formula is C23H30N6O2. The third kappa shape index (κ3) is 4.44. The van der Waals surface area contributed by atoms with Crippen molar-refractivity contribution in [2.75, 3.05) is 36.5 Å². The van der Waals surface area contributed by atoms with E-state index < -0.39 is 0 Å². The Balaban J connectivity index is 1.28. The number of nitrogens with one attached hydrogen (secondary N) is 1. The Morgan fingerprint density at radius 3 is 2.58 bits per heavy atom. The molecule has 0 atom stereocenters. The molecule has 3 heterocycles. The van der Waals surface area contributed by atoms with Crippen LogP contribution in [0.5, 0.6) is 5.75 Å². The number of imidazole rings is 1. The minimum Gasteiger partial charge on any atom is -0.488 e. The lowest BCUT2D eigenvalue weighted by molar-refractivity contribution is 0.122. The van der Waals surface area contributed by atoms with Crippen molar-refractivity contribution < 1.29 is 9.47 Å². The number of aryl methyl sites for hydroxylation is 2. The molecule has 8 heteroatoms. The number of hydrogen-bond acceptors (Lipinski definition) is 7. The standard InChI is InChI=1S/C23H30N6O2/c1-16-15-28(2)23(26-16)27-17-3-5-19(6-4-17)31-21-14-18(29-9-11-30-12-10-29)13-20-22(21)25-8-7-24-20/h7-8,13-15,17,19H,3-6,9-12H2,1-2H3,(H,26,27)/t17-,19+. The van der Waals surface area contributed by atoms with Gasteiger partial charge >= 0.3 is 0 Å². The predicted molar refractivity (Wildman–Crippen MR) is 121 cm³/mol. The van der Waals surface area contributed by atoms with E-state index in [1.807, 2.05) is 20.2 Å². The van der Waals surface area contributed by atoms with Crippen molar-refractivity contribution in [3.8, 4) is 5.75 Å². The number of hydrogen-bond donors (Lipinski definition) is 1. The van der Waals surface area contributed by atoms with Crippen molar-refractivity contribution in [2.24, 2.45) is 7.05 Å². The number of anilines is 2. The van der Waals surface area contributed by atoms with Gasteiger partial charge in [0, 0.05) is 56.5 Å². The third-order valence-electron chi connectivity index (χ3n) is 6.20. The van der Waals surface area contributed by atoms with Crippen molar-refractivity contribution in [1.82, 2.24) is 19.5 Å². The fourth-order valence-corrected chi connectivity index (χ4v) is 4.56. The van der Waals surface area contributed by atoms with Crippen LogP contribution in [-0.4, -0.2) is 58.0 Å². The zero-order chi connectivity index (χ0) is 21.2. The summed E-state index contributed by atoms with van der Waals surface area (Å²) < 4.78 is 14.1. The van der Waals surface area contributed by atoms with Gasteiger partial charge in [-0.25, -0.2) is 9.97 Å². The lowest BCUT2D eigenvalue weighted by atomic mass is 9.93. The first kappa shape index (κ1) is 20.1. The maximum absolute atomic E-state index is 6.52. The number of nitrogens with zero attached hydrogens (tertiary/aromatic N) is 5. The molecule has 1 N–H and O–H groups in total. The number of morpholine rings is 1. The molecule has 3 aromatic rings. The summed E-state index contributed by atoms with van der Waals surface area (Å²) in [5.74, 6) is 1.78. The van der Waals surface area contributed by atoms with Gasteiger partial charge in [-0.15, -0.1) is 0 Å². The van der Waals surface area contributed by atoms with Gasteiger partial charge in [0.1, 0.15) is 11.3 Å². The molecule has 0 amide bonds. The van der Waals surface area contributed by atoms with E-state index in [2.05, 4.69) is 41.9 Å². The van der Waals surface area contributed by atoms with Crippen molar-refractivity contribution in [3.63, 3.8) is 0 Å². The van der Waals surface area contributed by atoms with E-state index in [1.54, 1.807) is 12.4 Å². The monoisotopic (exact) mass is 422 g/mol. The van der Waals surface area contributed by atoms with Gasteiger partial charge in [0.15, 0.2) is 0 Å². The molecule has 164 valence electrons. The van der Waals surface area contributed by atoms with Gasteiger partial charge in [-0.3, -0.25) is 4.98 Å². The van der Waals surface area contributed by atoms with Gasteiger partial charge in [-0.1, -0.05) is 0 Å². The van der Waals surface area contributed by atoms with Gasteiger partial charge in [-0.05, 0) is 38.7 Å². The summed E-state index contributed by atoms with van der Waals surface area (Å²) in [4.78, 5) is 16.0. The summed E-state index contributed by atoms with van der Waals surface area (Å²) in [5, 5.41) is 3.59. The number of benzene rings is 1. The Morgan fingerprint density at radius 1 is 1.06 bits per heavy atom. The lowest BCUT2D eigenvalue weighted by Crippen LogP contribution is -2.36. The van der Waals surface area contributed by atoms with E-state index in [1.165, 1.54) is 0 Å². The summed E-state index contributed by atoms with van der Waals surface area (Å²) in [6, 6.07) is 4.66. The van der Waals surface area contributed by atoms with Crippen LogP contribution in [0.25, 0.3) is 11.0 Å². The van der Waals surface area contributed by atoms with Crippen molar-refractivity contribution >= 4 is 22.7 Å². The maximum Gasteiger partial charge on any atom is 0.202 e. The summed E-state index contributed by atoms with van der Waals surface area (Å²) in [6.07, 6.45) is 9.84. The van der Waals surface area contributed by atoms with Crippen LogP contribution in [0.1, 0.15) is 31.4 Å². The van der Waals surface area contributed by atoms with Gasteiger partial charge in [0.25, 0.3) is 0 Å². The second-order valence-corrected chi connectivity index (χ2v) is 8.52. The highest BCUT2D eigenvalue weighted by atomic mass is 16.5. The van der Waals surface area contributed by atoms with E-state index in [9.17, 15) is 0 Å². The first-order valence-electron chi connectivity index (χ1n) is 11.2. The molecule has 0 unspecified atom stereocenters. The largest absolute Gasteiger partial charge is 0.488 e. The molecule has 31 heavy (non-hydrogen) atoms. The van der Waals surface area contributed by atoms with E-state index in [0.29, 0.717) is 6.04 Å². The van der Waals surface area contributed by atoms with Crippen molar-refractivity contribution in [1.29, 1.82) is 0 Å². The molecule has 8 nitrogen and oxygen atoms in total. The molecule has 1 saturated carbocycles. The molecule has 2 aliphatic rings. The molecule has 2 fully saturated rings. The first-order chi connectivity index (χ1) is 15.2. The molecule has 0 bridgehead atoms. The maximum atomic E-state index is 6.52. The lowest BCUT2D eigenvalue weighted by Gasteiger charge is -2.31. The minimum atomic E-state index is 0.186. The van der Waals surface area contributed by atoms with Crippen LogP contribution in [0.15, 0.2) is 30.7 Å². The predicted octanol–water partition coefficient (Wildman–Crippen LogP) is 3.31. The molecule has 0 radical (unpaired) electrons.